The molecule has 0 saturated carbocycles. The quantitative estimate of drug-likeness (QED) is 0.439. The number of carbonyl (C=O) groups excluding carboxylic acids is 1. The zero-order valence-corrected chi connectivity index (χ0v) is 12.4. The average molecular weight is 321 g/mol. The zero-order valence-electron chi connectivity index (χ0n) is 10.8. The third-order valence-electron chi connectivity index (χ3n) is 2.62. The molecule has 0 aliphatic carbocycles. The van der Waals surface area contributed by atoms with Crippen molar-refractivity contribution in [3.63, 3.8) is 0 Å². The third-order valence-corrected chi connectivity index (χ3v) is 2.96. The van der Waals surface area contributed by atoms with Gasteiger partial charge in [-0.25, -0.2) is 0 Å². The van der Waals surface area contributed by atoms with Crippen LogP contribution >= 0.6 is 23.2 Å². The summed E-state index contributed by atoms with van der Waals surface area (Å²) in [4.78, 5) is 24.0. The van der Waals surface area contributed by atoms with Crippen molar-refractivity contribution in [2.24, 2.45) is 0 Å². The number of nitrogens with zero attached hydrogens (tertiary/aromatic N) is 2. The van der Waals surface area contributed by atoms with Gasteiger partial charge in [0.05, 0.1) is 12.0 Å². The number of hydrogen-bond acceptors (Lipinski definition) is 4. The van der Waals surface area contributed by atoms with Crippen molar-refractivity contribution in [2.75, 3.05) is 32.0 Å². The van der Waals surface area contributed by atoms with Crippen LogP contribution < -0.4 is 4.74 Å². The molecule has 0 spiro atoms. The fraction of sp³-hybridized carbons (Fsp3) is 0.417. The maximum atomic E-state index is 12.3. The Morgan fingerprint density at radius 3 is 2.40 bits per heavy atom. The smallest absolute Gasteiger partial charge is 0.310 e. The minimum absolute atomic E-state index is 0.0394. The number of rotatable bonds is 7. The Morgan fingerprint density at radius 1 is 1.35 bits per heavy atom. The van der Waals surface area contributed by atoms with Gasteiger partial charge in [0.25, 0.3) is 5.91 Å². The van der Waals surface area contributed by atoms with Crippen molar-refractivity contribution in [1.29, 1.82) is 0 Å². The van der Waals surface area contributed by atoms with E-state index in [1.807, 2.05) is 0 Å². The number of benzene rings is 1. The lowest BCUT2D eigenvalue weighted by molar-refractivity contribution is -0.385. The fourth-order valence-corrected chi connectivity index (χ4v) is 2.07. The molecule has 0 saturated heterocycles. The van der Waals surface area contributed by atoms with Crippen LogP contribution in [0.3, 0.4) is 0 Å². The predicted octanol–water partition coefficient (Wildman–Crippen LogP) is 2.52. The summed E-state index contributed by atoms with van der Waals surface area (Å²) in [5.74, 6) is 0.316. The van der Waals surface area contributed by atoms with E-state index < -0.39 is 4.92 Å². The van der Waals surface area contributed by atoms with Crippen molar-refractivity contribution in [2.45, 2.75) is 0 Å². The predicted molar refractivity (Wildman–Crippen MR) is 77.0 cm³/mol. The normalized spacial score (nSPS) is 10.2. The highest BCUT2D eigenvalue weighted by molar-refractivity contribution is 6.18. The van der Waals surface area contributed by atoms with Crippen LogP contribution in [0.25, 0.3) is 0 Å². The van der Waals surface area contributed by atoms with Gasteiger partial charge in [0.2, 0.25) is 0 Å². The molecule has 6 nitrogen and oxygen atoms in total. The molecular formula is C12H14Cl2N2O4. The number of amides is 1. The van der Waals surface area contributed by atoms with E-state index in [4.69, 9.17) is 27.9 Å². The molecule has 1 aromatic carbocycles. The molecule has 0 aliphatic heterocycles. The summed E-state index contributed by atoms with van der Waals surface area (Å²) in [5.41, 5.74) is 0.105. The number of carbonyl (C=O) groups is 1. The van der Waals surface area contributed by atoms with Gasteiger partial charge < -0.3 is 9.64 Å². The zero-order chi connectivity index (χ0) is 15.1. The van der Waals surface area contributed by atoms with E-state index in [1.165, 1.54) is 30.2 Å². The van der Waals surface area contributed by atoms with Crippen LogP contribution in [0.5, 0.6) is 5.75 Å². The first-order chi connectivity index (χ1) is 9.54. The van der Waals surface area contributed by atoms with Crippen molar-refractivity contribution in [3.05, 3.63) is 33.9 Å². The Hall–Kier alpha value is -1.53. The summed E-state index contributed by atoms with van der Waals surface area (Å²) in [6, 6.07) is 3.97. The first kappa shape index (κ1) is 16.5. The van der Waals surface area contributed by atoms with Crippen molar-refractivity contribution >= 4 is 34.8 Å². The molecule has 0 N–H and O–H groups in total. The lowest BCUT2D eigenvalue weighted by Gasteiger charge is -2.20. The van der Waals surface area contributed by atoms with Gasteiger partial charge >= 0.3 is 5.69 Å². The Bertz CT molecular complexity index is 490. The molecule has 0 atom stereocenters. The Morgan fingerprint density at radius 2 is 1.95 bits per heavy atom. The Balaban J connectivity index is 3.06. The molecule has 20 heavy (non-hydrogen) atoms. The molecule has 1 rings (SSSR count). The standard InChI is InChI=1S/C12H14Cl2N2O4/c1-20-11-8-9(2-3-10(11)16(18)19)12(17)15(6-4-13)7-5-14/h2-3,8H,4-7H2,1H3. The summed E-state index contributed by atoms with van der Waals surface area (Å²) in [7, 11) is 1.31. The maximum Gasteiger partial charge on any atom is 0.310 e. The van der Waals surface area contributed by atoms with Crippen LogP contribution in [0.2, 0.25) is 0 Å². The molecule has 0 heterocycles. The van der Waals surface area contributed by atoms with E-state index in [9.17, 15) is 14.9 Å². The van der Waals surface area contributed by atoms with Crippen LogP contribution in [0.4, 0.5) is 5.69 Å². The largest absolute Gasteiger partial charge is 0.490 e. The van der Waals surface area contributed by atoms with Gasteiger partial charge in [-0.15, -0.1) is 23.2 Å². The first-order valence-electron chi connectivity index (χ1n) is 5.78. The van der Waals surface area contributed by atoms with E-state index in [0.29, 0.717) is 18.7 Å². The van der Waals surface area contributed by atoms with Gasteiger partial charge in [-0.3, -0.25) is 14.9 Å². The number of halogens is 2. The number of nitro groups is 1. The molecule has 0 unspecified atom stereocenters. The summed E-state index contributed by atoms with van der Waals surface area (Å²) in [6.45, 7) is 0.707. The molecule has 0 bridgehead atoms. The lowest BCUT2D eigenvalue weighted by Crippen LogP contribution is -2.34. The second kappa shape index (κ2) is 7.91. The minimum Gasteiger partial charge on any atom is -0.490 e. The highest BCUT2D eigenvalue weighted by atomic mass is 35.5. The van der Waals surface area contributed by atoms with Gasteiger partial charge in [0, 0.05) is 42.5 Å². The van der Waals surface area contributed by atoms with Crippen LogP contribution in [-0.2, 0) is 0 Å². The van der Waals surface area contributed by atoms with Gasteiger partial charge in [0.15, 0.2) is 5.75 Å². The SMILES string of the molecule is COc1cc(C(=O)N(CCCl)CCCl)ccc1[N+](=O)[O-]. The molecular weight excluding hydrogens is 307 g/mol. The monoisotopic (exact) mass is 320 g/mol. The van der Waals surface area contributed by atoms with Gasteiger partial charge in [0.1, 0.15) is 0 Å². The van der Waals surface area contributed by atoms with E-state index in [1.54, 1.807) is 0 Å². The van der Waals surface area contributed by atoms with Crippen molar-refractivity contribution in [3.8, 4) is 5.75 Å². The second-order valence-corrected chi connectivity index (χ2v) is 4.57. The van der Waals surface area contributed by atoms with E-state index in [-0.39, 0.29) is 29.1 Å². The van der Waals surface area contributed by atoms with Gasteiger partial charge in [-0.2, -0.15) is 0 Å². The molecule has 8 heteroatoms. The van der Waals surface area contributed by atoms with Crippen LogP contribution in [-0.4, -0.2) is 47.7 Å². The molecule has 0 radical (unpaired) electrons. The van der Waals surface area contributed by atoms with E-state index in [2.05, 4.69) is 0 Å². The minimum atomic E-state index is -0.567. The molecule has 1 amide bonds. The summed E-state index contributed by atoms with van der Waals surface area (Å²) in [6.07, 6.45) is 0. The number of hydrogen-bond donors (Lipinski definition) is 0. The van der Waals surface area contributed by atoms with Gasteiger partial charge in [-0.1, -0.05) is 0 Å². The molecule has 110 valence electrons. The average Bonchev–Trinajstić information content (AvgIpc) is 2.45. The van der Waals surface area contributed by atoms with Crippen molar-refractivity contribution in [1.82, 2.24) is 4.90 Å². The number of alkyl halides is 2. The second-order valence-electron chi connectivity index (χ2n) is 3.81. The third kappa shape index (κ3) is 3.98. The Labute approximate surface area is 126 Å². The molecule has 1 aromatic rings. The van der Waals surface area contributed by atoms with Crippen molar-refractivity contribution < 1.29 is 14.5 Å². The first-order valence-corrected chi connectivity index (χ1v) is 6.85. The van der Waals surface area contributed by atoms with Crippen LogP contribution in [0.1, 0.15) is 10.4 Å². The highest BCUT2D eigenvalue weighted by Crippen LogP contribution is 2.28. The summed E-state index contributed by atoms with van der Waals surface area (Å²) < 4.78 is 4.93. The van der Waals surface area contributed by atoms with Crippen LogP contribution in [0.15, 0.2) is 18.2 Å². The summed E-state index contributed by atoms with van der Waals surface area (Å²) in [5, 5.41) is 10.8. The van der Waals surface area contributed by atoms with E-state index in [0.717, 1.165) is 0 Å². The molecule has 0 aromatic heterocycles. The number of methoxy groups -OCH3 is 1. The topological polar surface area (TPSA) is 72.7 Å². The maximum absolute atomic E-state index is 12.3. The van der Waals surface area contributed by atoms with Crippen LogP contribution in [0, 0.1) is 10.1 Å². The molecule has 0 fully saturated rings. The molecule has 0 aliphatic rings. The fourth-order valence-electron chi connectivity index (χ4n) is 1.66. The number of ether oxygens (including phenoxy) is 1. The number of nitro benzene ring substituents is 1. The highest BCUT2D eigenvalue weighted by Gasteiger charge is 2.20. The lowest BCUT2D eigenvalue weighted by atomic mass is 10.1. The van der Waals surface area contributed by atoms with Gasteiger partial charge in [-0.05, 0) is 6.07 Å². The van der Waals surface area contributed by atoms with E-state index >= 15 is 0 Å². The summed E-state index contributed by atoms with van der Waals surface area (Å²) >= 11 is 11.3. The Kier molecular flexibility index (Phi) is 6.54.